The van der Waals surface area contributed by atoms with Gasteiger partial charge in [-0.2, -0.15) is 13.2 Å². The molecule has 2 nitrogen and oxygen atoms in total. The molecule has 3 rings (SSSR count). The van der Waals surface area contributed by atoms with Crippen molar-refractivity contribution in [3.05, 3.63) is 63.1 Å². The minimum absolute atomic E-state index is 0.0413. The Morgan fingerprint density at radius 2 is 1.88 bits per heavy atom. The van der Waals surface area contributed by atoms with Gasteiger partial charge in [-0.3, -0.25) is 4.79 Å². The fourth-order valence-electron chi connectivity index (χ4n) is 3.10. The highest BCUT2D eigenvalue weighted by atomic mass is 35.5. The first-order valence-electron chi connectivity index (χ1n) is 7.09. The maximum absolute atomic E-state index is 13.3. The molecule has 0 fully saturated rings. The monoisotopic (exact) mass is 373 g/mol. The highest BCUT2D eigenvalue weighted by Crippen LogP contribution is 2.45. The molecular weight excluding hydrogens is 362 g/mol. The summed E-state index contributed by atoms with van der Waals surface area (Å²) in [4.78, 5) is 12.5. The van der Waals surface area contributed by atoms with Gasteiger partial charge in [0.25, 0.3) is 0 Å². The summed E-state index contributed by atoms with van der Waals surface area (Å²) in [5.41, 5.74) is -1.03. The number of hydrogen-bond donors (Lipinski definition) is 1. The van der Waals surface area contributed by atoms with Crippen LogP contribution in [0, 0.1) is 0 Å². The van der Waals surface area contributed by atoms with E-state index in [1.54, 1.807) is 25.1 Å². The van der Waals surface area contributed by atoms with Crippen LogP contribution < -0.4 is 5.32 Å². The van der Waals surface area contributed by atoms with Crippen LogP contribution in [0.2, 0.25) is 10.0 Å². The molecule has 1 amide bonds. The van der Waals surface area contributed by atoms with Crippen LogP contribution in [0.15, 0.2) is 36.4 Å². The molecule has 0 aliphatic carbocycles. The zero-order valence-electron chi connectivity index (χ0n) is 12.5. The minimum Gasteiger partial charge on any atom is -0.325 e. The van der Waals surface area contributed by atoms with Gasteiger partial charge < -0.3 is 5.32 Å². The predicted molar refractivity (Wildman–Crippen MR) is 87.6 cm³/mol. The van der Waals surface area contributed by atoms with Crippen LogP contribution in [-0.2, 0) is 22.8 Å². The number of halogens is 5. The molecule has 0 saturated heterocycles. The Morgan fingerprint density at radius 1 is 1.17 bits per heavy atom. The van der Waals surface area contributed by atoms with Gasteiger partial charge in [0.15, 0.2) is 0 Å². The molecule has 1 N–H and O–H groups in total. The van der Waals surface area contributed by atoms with Gasteiger partial charge in [-0.05, 0) is 49.2 Å². The van der Waals surface area contributed by atoms with E-state index in [0.29, 0.717) is 16.3 Å². The molecule has 2 aromatic carbocycles. The van der Waals surface area contributed by atoms with Gasteiger partial charge in [-0.15, -0.1) is 0 Å². The molecule has 0 saturated carbocycles. The number of anilines is 1. The van der Waals surface area contributed by atoms with Crippen molar-refractivity contribution in [3.8, 4) is 0 Å². The van der Waals surface area contributed by atoms with E-state index in [1.165, 1.54) is 12.1 Å². The number of amides is 1. The molecule has 24 heavy (non-hydrogen) atoms. The molecule has 1 heterocycles. The molecule has 0 bridgehead atoms. The lowest BCUT2D eigenvalue weighted by atomic mass is 9.77. The van der Waals surface area contributed by atoms with Crippen molar-refractivity contribution in [2.45, 2.75) is 24.9 Å². The summed E-state index contributed by atoms with van der Waals surface area (Å²) >= 11 is 12.1. The van der Waals surface area contributed by atoms with Crippen molar-refractivity contribution >= 4 is 34.8 Å². The molecule has 0 radical (unpaired) electrons. The third-order valence-corrected chi connectivity index (χ3v) is 4.78. The van der Waals surface area contributed by atoms with Crippen molar-refractivity contribution in [1.29, 1.82) is 0 Å². The zero-order chi connectivity index (χ0) is 17.7. The van der Waals surface area contributed by atoms with Crippen LogP contribution in [0.5, 0.6) is 0 Å². The Hall–Kier alpha value is -1.72. The zero-order valence-corrected chi connectivity index (χ0v) is 14.0. The summed E-state index contributed by atoms with van der Waals surface area (Å²) in [6, 6.07) is 8.33. The molecule has 126 valence electrons. The summed E-state index contributed by atoms with van der Waals surface area (Å²) in [6.45, 7) is 1.58. The minimum atomic E-state index is -4.53. The Balaban J connectivity index is 2.13. The average Bonchev–Trinajstić information content (AvgIpc) is 2.70. The van der Waals surface area contributed by atoms with Gasteiger partial charge in [0, 0.05) is 21.3 Å². The average molecular weight is 374 g/mol. The number of carbonyl (C=O) groups excluding carboxylic acids is 1. The summed E-state index contributed by atoms with van der Waals surface area (Å²) in [7, 11) is 0. The van der Waals surface area contributed by atoms with Gasteiger partial charge in [-0.1, -0.05) is 29.3 Å². The maximum Gasteiger partial charge on any atom is 0.416 e. The molecule has 1 unspecified atom stereocenters. The van der Waals surface area contributed by atoms with E-state index in [2.05, 4.69) is 5.32 Å². The van der Waals surface area contributed by atoms with Gasteiger partial charge in [-0.25, -0.2) is 0 Å². The van der Waals surface area contributed by atoms with Gasteiger partial charge >= 0.3 is 6.18 Å². The highest BCUT2D eigenvalue weighted by Gasteiger charge is 2.46. The SMILES string of the molecule is CC1(Cc2cc(Cl)ccc2C(F)(F)F)C(=O)Nc2cccc(Cl)c21. The van der Waals surface area contributed by atoms with Crippen LogP contribution in [0.4, 0.5) is 18.9 Å². The Bertz CT molecular complexity index is 835. The van der Waals surface area contributed by atoms with E-state index in [4.69, 9.17) is 23.2 Å². The molecule has 0 aromatic heterocycles. The first-order valence-corrected chi connectivity index (χ1v) is 7.84. The van der Waals surface area contributed by atoms with Gasteiger partial charge in [0.05, 0.1) is 11.0 Å². The quantitative estimate of drug-likeness (QED) is 0.743. The smallest absolute Gasteiger partial charge is 0.325 e. The molecule has 1 aliphatic heterocycles. The van der Waals surface area contributed by atoms with Crippen molar-refractivity contribution in [2.24, 2.45) is 0 Å². The molecule has 2 aromatic rings. The van der Waals surface area contributed by atoms with Crippen LogP contribution >= 0.6 is 23.2 Å². The van der Waals surface area contributed by atoms with E-state index in [0.717, 1.165) is 6.07 Å². The van der Waals surface area contributed by atoms with E-state index in [-0.39, 0.29) is 17.0 Å². The lowest BCUT2D eigenvalue weighted by Crippen LogP contribution is -2.34. The second kappa shape index (κ2) is 5.67. The third-order valence-electron chi connectivity index (χ3n) is 4.23. The van der Waals surface area contributed by atoms with Crippen LogP contribution in [0.1, 0.15) is 23.6 Å². The van der Waals surface area contributed by atoms with E-state index in [9.17, 15) is 18.0 Å². The van der Waals surface area contributed by atoms with Crippen molar-refractivity contribution in [2.75, 3.05) is 5.32 Å². The Labute approximate surface area is 146 Å². The molecular formula is C17H12Cl2F3NO. The number of alkyl halides is 3. The largest absolute Gasteiger partial charge is 0.416 e. The lowest BCUT2D eigenvalue weighted by Gasteiger charge is -2.25. The molecule has 0 spiro atoms. The van der Waals surface area contributed by atoms with Crippen molar-refractivity contribution < 1.29 is 18.0 Å². The third kappa shape index (κ3) is 2.76. The fourth-order valence-corrected chi connectivity index (χ4v) is 3.68. The predicted octanol–water partition coefficient (Wildman–Crippen LogP) is 5.46. The number of benzene rings is 2. The topological polar surface area (TPSA) is 29.1 Å². The van der Waals surface area contributed by atoms with E-state index < -0.39 is 23.1 Å². The number of rotatable bonds is 2. The van der Waals surface area contributed by atoms with Crippen LogP contribution in [0.25, 0.3) is 0 Å². The highest BCUT2D eigenvalue weighted by molar-refractivity contribution is 6.33. The fraction of sp³-hybridized carbons (Fsp3) is 0.235. The van der Waals surface area contributed by atoms with Crippen molar-refractivity contribution in [3.63, 3.8) is 0 Å². The maximum atomic E-state index is 13.3. The van der Waals surface area contributed by atoms with E-state index >= 15 is 0 Å². The molecule has 7 heteroatoms. The number of fused-ring (bicyclic) bond motifs is 1. The Morgan fingerprint density at radius 3 is 2.54 bits per heavy atom. The summed E-state index contributed by atoms with van der Waals surface area (Å²) < 4.78 is 39.8. The second-order valence-electron chi connectivity index (χ2n) is 5.92. The summed E-state index contributed by atoms with van der Waals surface area (Å²) in [5, 5.41) is 3.20. The molecule has 1 atom stereocenters. The number of hydrogen-bond acceptors (Lipinski definition) is 1. The Kier molecular flexibility index (Phi) is 4.04. The number of carbonyl (C=O) groups is 1. The first-order chi connectivity index (χ1) is 11.1. The van der Waals surface area contributed by atoms with Gasteiger partial charge in [0.2, 0.25) is 5.91 Å². The lowest BCUT2D eigenvalue weighted by molar-refractivity contribution is -0.138. The summed E-state index contributed by atoms with van der Waals surface area (Å²) in [6.07, 6.45) is -4.69. The normalized spacial score (nSPS) is 20.0. The first kappa shape index (κ1) is 17.1. The second-order valence-corrected chi connectivity index (χ2v) is 6.77. The standard InChI is InChI=1S/C17H12Cl2F3NO/c1-16(14-12(19)3-2-4-13(14)23-15(16)24)8-9-7-10(18)5-6-11(9)17(20,21)22/h2-7H,8H2,1H3,(H,23,24). The van der Waals surface area contributed by atoms with Crippen LogP contribution in [-0.4, -0.2) is 5.91 Å². The van der Waals surface area contributed by atoms with Crippen molar-refractivity contribution in [1.82, 2.24) is 0 Å². The van der Waals surface area contributed by atoms with Crippen LogP contribution in [0.3, 0.4) is 0 Å². The van der Waals surface area contributed by atoms with Gasteiger partial charge in [0.1, 0.15) is 0 Å². The number of nitrogens with one attached hydrogen (secondary N) is 1. The summed E-state index contributed by atoms with van der Waals surface area (Å²) in [5.74, 6) is -0.390. The van der Waals surface area contributed by atoms with E-state index in [1.807, 2.05) is 0 Å². The molecule has 1 aliphatic rings.